The van der Waals surface area contributed by atoms with Crippen molar-refractivity contribution in [1.82, 2.24) is 0 Å². The van der Waals surface area contributed by atoms with E-state index in [2.05, 4.69) is 114 Å². The number of benzene rings is 3. The van der Waals surface area contributed by atoms with Gasteiger partial charge in [-0.1, -0.05) is 128 Å². The summed E-state index contributed by atoms with van der Waals surface area (Å²) >= 11 is 0. The molecule has 3 aromatic carbocycles. The zero-order chi connectivity index (χ0) is 28.3. The lowest BCUT2D eigenvalue weighted by molar-refractivity contribution is 0.423. The Labute approximate surface area is 236 Å². The van der Waals surface area contributed by atoms with Crippen molar-refractivity contribution in [2.24, 2.45) is 0 Å². The zero-order valence-corrected chi connectivity index (χ0v) is 25.1. The molecule has 1 fully saturated rings. The van der Waals surface area contributed by atoms with Gasteiger partial charge in [0.05, 0.1) is 0 Å². The van der Waals surface area contributed by atoms with Gasteiger partial charge in [-0.25, -0.2) is 0 Å². The summed E-state index contributed by atoms with van der Waals surface area (Å²) in [5, 5.41) is 11.9. The SMILES string of the molecule is CC(C)c1cccc(C(C)C)c1N1CCN(c2c(C(C)C)cccc2C(C)C)C1=C(O)/C=C\c1ccccc1. The molecule has 1 aliphatic heterocycles. The molecule has 3 heteroatoms. The van der Waals surface area contributed by atoms with Gasteiger partial charge < -0.3 is 14.9 Å². The number of aliphatic hydroxyl groups is 1. The summed E-state index contributed by atoms with van der Waals surface area (Å²) in [5.74, 6) is 2.62. The maximum atomic E-state index is 11.9. The molecule has 1 aliphatic rings. The number of aliphatic hydroxyl groups excluding tert-OH is 1. The first-order valence-corrected chi connectivity index (χ1v) is 14.6. The fourth-order valence-corrected chi connectivity index (χ4v) is 5.73. The van der Waals surface area contributed by atoms with Crippen LogP contribution in [0.15, 0.2) is 84.4 Å². The van der Waals surface area contributed by atoms with Gasteiger partial charge in [-0.3, -0.25) is 0 Å². The van der Waals surface area contributed by atoms with Crippen LogP contribution in [0.25, 0.3) is 6.08 Å². The third-order valence-electron chi connectivity index (χ3n) is 7.75. The number of rotatable bonds is 8. The van der Waals surface area contributed by atoms with Crippen LogP contribution in [0, 0.1) is 0 Å². The van der Waals surface area contributed by atoms with E-state index < -0.39 is 0 Å². The van der Waals surface area contributed by atoms with E-state index in [-0.39, 0.29) is 5.76 Å². The van der Waals surface area contributed by atoms with Gasteiger partial charge >= 0.3 is 0 Å². The molecule has 206 valence electrons. The van der Waals surface area contributed by atoms with Crippen molar-refractivity contribution >= 4 is 17.5 Å². The summed E-state index contributed by atoms with van der Waals surface area (Å²) in [4.78, 5) is 4.77. The predicted octanol–water partition coefficient (Wildman–Crippen LogP) is 9.95. The number of hydrogen-bond acceptors (Lipinski definition) is 3. The second kappa shape index (κ2) is 12.2. The number of para-hydroxylation sites is 2. The van der Waals surface area contributed by atoms with E-state index in [0.717, 1.165) is 24.5 Å². The molecule has 0 unspecified atom stereocenters. The van der Waals surface area contributed by atoms with E-state index in [1.165, 1.54) is 33.6 Å². The molecule has 0 bridgehead atoms. The van der Waals surface area contributed by atoms with E-state index in [9.17, 15) is 5.11 Å². The summed E-state index contributed by atoms with van der Waals surface area (Å²) in [6.45, 7) is 19.7. The highest BCUT2D eigenvalue weighted by molar-refractivity contribution is 5.75. The normalized spacial score (nSPS) is 14.2. The van der Waals surface area contributed by atoms with Crippen molar-refractivity contribution in [2.45, 2.75) is 79.1 Å². The Kier molecular flexibility index (Phi) is 8.90. The van der Waals surface area contributed by atoms with Crippen molar-refractivity contribution in [1.29, 1.82) is 0 Å². The largest absolute Gasteiger partial charge is 0.504 e. The van der Waals surface area contributed by atoms with E-state index >= 15 is 0 Å². The van der Waals surface area contributed by atoms with Crippen molar-refractivity contribution < 1.29 is 5.11 Å². The Hall–Kier alpha value is -3.46. The van der Waals surface area contributed by atoms with Gasteiger partial charge in [0, 0.05) is 24.5 Å². The summed E-state index contributed by atoms with van der Waals surface area (Å²) in [6.07, 6.45) is 3.88. The van der Waals surface area contributed by atoms with Crippen LogP contribution in [0.5, 0.6) is 0 Å². The lowest BCUT2D eigenvalue weighted by Crippen LogP contribution is -2.28. The van der Waals surface area contributed by atoms with Crippen molar-refractivity contribution in [3.8, 4) is 0 Å². The van der Waals surface area contributed by atoms with Crippen LogP contribution in [0.4, 0.5) is 11.4 Å². The summed E-state index contributed by atoms with van der Waals surface area (Å²) < 4.78 is 0. The van der Waals surface area contributed by atoms with Crippen molar-refractivity contribution in [3.05, 3.63) is 112 Å². The minimum absolute atomic E-state index is 0.290. The van der Waals surface area contributed by atoms with Gasteiger partial charge in [0.2, 0.25) is 0 Å². The molecule has 1 N–H and O–H groups in total. The van der Waals surface area contributed by atoms with Crippen LogP contribution in [0.1, 0.15) is 107 Å². The molecule has 0 aromatic heterocycles. The molecule has 4 rings (SSSR count). The van der Waals surface area contributed by atoms with Crippen LogP contribution in [0.2, 0.25) is 0 Å². The maximum Gasteiger partial charge on any atom is 0.156 e. The molecule has 0 aliphatic carbocycles. The van der Waals surface area contributed by atoms with Gasteiger partial charge in [-0.2, -0.15) is 0 Å². The quantitative estimate of drug-likeness (QED) is 0.298. The topological polar surface area (TPSA) is 26.7 Å². The number of hydrogen-bond donors (Lipinski definition) is 1. The Morgan fingerprint density at radius 3 is 1.33 bits per heavy atom. The standard InChI is InChI=1S/C36H46N2O/c1-24(2)29-16-12-17-30(25(3)4)34(29)37-22-23-38(35-31(26(5)6)18-13-19-32(35)27(7)8)36(37)33(39)21-20-28-14-10-9-11-15-28/h9-21,24-27,39H,22-23H2,1-8H3/b21-20-. The molecule has 0 amide bonds. The third-order valence-corrected chi connectivity index (χ3v) is 7.75. The first kappa shape index (κ1) is 28.5. The fourth-order valence-electron chi connectivity index (χ4n) is 5.73. The lowest BCUT2D eigenvalue weighted by Gasteiger charge is -2.33. The van der Waals surface area contributed by atoms with Crippen LogP contribution in [-0.4, -0.2) is 18.2 Å². The predicted molar refractivity (Wildman–Crippen MR) is 169 cm³/mol. The highest BCUT2D eigenvalue weighted by Crippen LogP contribution is 2.44. The van der Waals surface area contributed by atoms with Gasteiger partial charge in [0.15, 0.2) is 11.6 Å². The third kappa shape index (κ3) is 5.93. The molecular weight excluding hydrogens is 476 g/mol. The monoisotopic (exact) mass is 522 g/mol. The smallest absolute Gasteiger partial charge is 0.156 e. The van der Waals surface area contributed by atoms with Crippen LogP contribution in [-0.2, 0) is 0 Å². The molecule has 0 spiro atoms. The molecule has 0 saturated carbocycles. The molecule has 1 saturated heterocycles. The minimum atomic E-state index is 0.290. The highest BCUT2D eigenvalue weighted by atomic mass is 16.3. The van der Waals surface area contributed by atoms with Crippen LogP contribution in [0.3, 0.4) is 0 Å². The highest BCUT2D eigenvalue weighted by Gasteiger charge is 2.35. The summed E-state index contributed by atoms with van der Waals surface area (Å²) in [6, 6.07) is 23.6. The molecule has 3 nitrogen and oxygen atoms in total. The Morgan fingerprint density at radius 2 is 0.974 bits per heavy atom. The van der Waals surface area contributed by atoms with Crippen molar-refractivity contribution in [3.63, 3.8) is 0 Å². The van der Waals surface area contributed by atoms with Gasteiger partial charge in [0.1, 0.15) is 0 Å². The molecule has 3 aromatic rings. The minimum Gasteiger partial charge on any atom is -0.504 e. The Morgan fingerprint density at radius 1 is 0.590 bits per heavy atom. The van der Waals surface area contributed by atoms with Crippen LogP contribution >= 0.6 is 0 Å². The number of nitrogens with zero attached hydrogens (tertiary/aromatic N) is 2. The Bertz CT molecular complexity index is 1210. The zero-order valence-electron chi connectivity index (χ0n) is 25.1. The fraction of sp³-hybridized carbons (Fsp3) is 0.389. The van der Waals surface area contributed by atoms with E-state index in [4.69, 9.17) is 0 Å². The van der Waals surface area contributed by atoms with Crippen molar-refractivity contribution in [2.75, 3.05) is 22.9 Å². The van der Waals surface area contributed by atoms with Gasteiger partial charge in [0.25, 0.3) is 0 Å². The molecule has 39 heavy (non-hydrogen) atoms. The molecule has 0 atom stereocenters. The molecule has 0 radical (unpaired) electrons. The van der Waals surface area contributed by atoms with Gasteiger partial charge in [-0.15, -0.1) is 0 Å². The second-order valence-electron chi connectivity index (χ2n) is 11.9. The lowest BCUT2D eigenvalue weighted by atomic mass is 9.91. The number of allylic oxidation sites excluding steroid dienone is 1. The number of anilines is 2. The van der Waals surface area contributed by atoms with E-state index in [1.807, 2.05) is 30.4 Å². The molecular formula is C36H46N2O. The average Bonchev–Trinajstić information content (AvgIpc) is 3.35. The maximum absolute atomic E-state index is 11.9. The van der Waals surface area contributed by atoms with E-state index in [1.54, 1.807) is 0 Å². The average molecular weight is 523 g/mol. The van der Waals surface area contributed by atoms with E-state index in [0.29, 0.717) is 23.7 Å². The first-order valence-electron chi connectivity index (χ1n) is 14.6. The summed E-state index contributed by atoms with van der Waals surface area (Å²) in [7, 11) is 0. The molecule has 1 heterocycles. The Balaban J connectivity index is 1.99. The summed E-state index contributed by atoms with van der Waals surface area (Å²) in [5.41, 5.74) is 8.84. The second-order valence-corrected chi connectivity index (χ2v) is 11.9. The van der Waals surface area contributed by atoms with Crippen LogP contribution < -0.4 is 9.80 Å². The first-order chi connectivity index (χ1) is 18.6. The van der Waals surface area contributed by atoms with Gasteiger partial charge in [-0.05, 0) is 57.6 Å².